The van der Waals surface area contributed by atoms with Crippen molar-refractivity contribution in [2.45, 2.75) is 44.0 Å². The normalized spacial score (nSPS) is 22.6. The molecule has 2 rings (SSSR count). The van der Waals surface area contributed by atoms with Gasteiger partial charge in [0.05, 0.1) is 5.02 Å². The molecule has 4 nitrogen and oxygen atoms in total. The van der Waals surface area contributed by atoms with Crippen molar-refractivity contribution in [3.05, 3.63) is 23.2 Å². The van der Waals surface area contributed by atoms with Gasteiger partial charge >= 0.3 is 0 Å². The van der Waals surface area contributed by atoms with Crippen LogP contribution >= 0.6 is 11.6 Å². The van der Waals surface area contributed by atoms with Gasteiger partial charge in [-0.3, -0.25) is 0 Å². The quantitative estimate of drug-likeness (QED) is 0.843. The maximum atomic E-state index is 12.4. The summed E-state index contributed by atoms with van der Waals surface area (Å²) in [5.74, 6) is 0. The summed E-state index contributed by atoms with van der Waals surface area (Å²) in [5.41, 5.74) is 6.01. The molecule has 1 atom stereocenters. The highest BCUT2D eigenvalue weighted by Crippen LogP contribution is 2.38. The summed E-state index contributed by atoms with van der Waals surface area (Å²) in [6.07, 6.45) is 2.92. The van der Waals surface area contributed by atoms with E-state index in [-0.39, 0.29) is 21.4 Å². The molecule has 0 aromatic heterocycles. The molecule has 0 spiro atoms. The molecular formula is C13H19ClN2O2S. The number of sulfonamides is 1. The van der Waals surface area contributed by atoms with Crippen molar-refractivity contribution < 1.29 is 8.42 Å². The Labute approximate surface area is 119 Å². The minimum absolute atomic E-state index is 0.0205. The van der Waals surface area contributed by atoms with Crippen molar-refractivity contribution in [2.24, 2.45) is 5.41 Å². The molecule has 19 heavy (non-hydrogen) atoms. The van der Waals surface area contributed by atoms with E-state index < -0.39 is 10.0 Å². The van der Waals surface area contributed by atoms with Crippen LogP contribution in [0.2, 0.25) is 5.02 Å². The highest BCUT2D eigenvalue weighted by atomic mass is 35.5. The smallest absolute Gasteiger partial charge is 0.242 e. The number of hydrogen-bond acceptors (Lipinski definition) is 3. The van der Waals surface area contributed by atoms with Crippen LogP contribution in [-0.4, -0.2) is 14.5 Å². The molecule has 3 N–H and O–H groups in total. The molecule has 1 aromatic rings. The molecule has 1 aliphatic carbocycles. The topological polar surface area (TPSA) is 72.2 Å². The summed E-state index contributed by atoms with van der Waals surface area (Å²) in [7, 11) is -3.60. The molecule has 0 amide bonds. The summed E-state index contributed by atoms with van der Waals surface area (Å²) in [4.78, 5) is 0.0890. The molecule has 1 aliphatic rings. The second kappa shape index (κ2) is 4.96. The van der Waals surface area contributed by atoms with E-state index in [0.717, 1.165) is 19.3 Å². The molecule has 0 saturated heterocycles. The lowest BCUT2D eigenvalue weighted by molar-refractivity contribution is 0.313. The zero-order chi connectivity index (χ0) is 14.3. The Kier molecular flexibility index (Phi) is 3.82. The monoisotopic (exact) mass is 302 g/mol. The van der Waals surface area contributed by atoms with Gasteiger partial charge in [0.1, 0.15) is 4.90 Å². The van der Waals surface area contributed by atoms with E-state index in [1.54, 1.807) is 6.07 Å². The third kappa shape index (κ3) is 3.04. The van der Waals surface area contributed by atoms with E-state index in [4.69, 9.17) is 17.3 Å². The van der Waals surface area contributed by atoms with Crippen LogP contribution in [0.1, 0.15) is 33.1 Å². The van der Waals surface area contributed by atoms with Crippen LogP contribution in [0.3, 0.4) is 0 Å². The van der Waals surface area contributed by atoms with E-state index in [1.165, 1.54) is 12.1 Å². The summed E-state index contributed by atoms with van der Waals surface area (Å²) in [6, 6.07) is 4.39. The van der Waals surface area contributed by atoms with Crippen LogP contribution in [0, 0.1) is 5.41 Å². The highest BCUT2D eigenvalue weighted by Gasteiger charge is 2.37. The Bertz CT molecular complexity index is 584. The van der Waals surface area contributed by atoms with Gasteiger partial charge in [0.2, 0.25) is 10.0 Å². The highest BCUT2D eigenvalue weighted by molar-refractivity contribution is 7.89. The molecule has 6 heteroatoms. The van der Waals surface area contributed by atoms with Crippen LogP contribution in [0.25, 0.3) is 0 Å². The van der Waals surface area contributed by atoms with Gasteiger partial charge in [-0.1, -0.05) is 31.9 Å². The lowest BCUT2D eigenvalue weighted by Gasteiger charge is -2.27. The number of benzene rings is 1. The number of anilines is 1. The van der Waals surface area contributed by atoms with Crippen LogP contribution in [0.4, 0.5) is 5.69 Å². The average Bonchev–Trinajstić information content (AvgIpc) is 2.56. The first-order valence-corrected chi connectivity index (χ1v) is 8.16. The van der Waals surface area contributed by atoms with Gasteiger partial charge in [-0.05, 0) is 36.5 Å². The zero-order valence-electron chi connectivity index (χ0n) is 11.1. The summed E-state index contributed by atoms with van der Waals surface area (Å²) >= 11 is 5.97. The molecule has 106 valence electrons. The molecule has 0 aliphatic heterocycles. The molecule has 1 aromatic carbocycles. The molecule has 1 saturated carbocycles. The lowest BCUT2D eigenvalue weighted by atomic mass is 9.88. The number of nitrogens with two attached hydrogens (primary N) is 1. The Morgan fingerprint density at radius 1 is 1.42 bits per heavy atom. The molecule has 1 fully saturated rings. The largest absolute Gasteiger partial charge is 0.399 e. The van der Waals surface area contributed by atoms with Crippen molar-refractivity contribution in [2.75, 3.05) is 5.73 Å². The minimum atomic E-state index is -3.60. The Morgan fingerprint density at radius 3 is 2.63 bits per heavy atom. The molecule has 1 unspecified atom stereocenters. The maximum absolute atomic E-state index is 12.4. The van der Waals surface area contributed by atoms with Crippen molar-refractivity contribution in [1.29, 1.82) is 0 Å². The van der Waals surface area contributed by atoms with Gasteiger partial charge in [-0.25, -0.2) is 13.1 Å². The van der Waals surface area contributed by atoms with Crippen LogP contribution in [0.15, 0.2) is 23.1 Å². The number of rotatable bonds is 3. The third-order valence-corrected chi connectivity index (χ3v) is 5.75. The molecule has 0 heterocycles. The average molecular weight is 303 g/mol. The van der Waals surface area contributed by atoms with Gasteiger partial charge in [0.15, 0.2) is 0 Å². The molecule has 0 radical (unpaired) electrons. The van der Waals surface area contributed by atoms with E-state index in [9.17, 15) is 8.42 Å². The fourth-order valence-electron chi connectivity index (χ4n) is 2.53. The first kappa shape index (κ1) is 14.6. The predicted octanol–water partition coefficient (Wildman–Crippen LogP) is 2.78. The van der Waals surface area contributed by atoms with Crippen molar-refractivity contribution >= 4 is 27.3 Å². The van der Waals surface area contributed by atoms with E-state index >= 15 is 0 Å². The van der Waals surface area contributed by atoms with Crippen molar-refractivity contribution in [3.63, 3.8) is 0 Å². The Morgan fingerprint density at radius 2 is 2.11 bits per heavy atom. The van der Waals surface area contributed by atoms with E-state index in [2.05, 4.69) is 18.6 Å². The van der Waals surface area contributed by atoms with Gasteiger partial charge < -0.3 is 5.73 Å². The van der Waals surface area contributed by atoms with Crippen LogP contribution < -0.4 is 10.5 Å². The molecular weight excluding hydrogens is 284 g/mol. The van der Waals surface area contributed by atoms with Gasteiger partial charge in [0, 0.05) is 11.7 Å². The first-order chi connectivity index (χ1) is 8.72. The summed E-state index contributed by atoms with van der Waals surface area (Å²) < 4.78 is 27.5. The Hall–Kier alpha value is -0.780. The lowest BCUT2D eigenvalue weighted by Crippen LogP contribution is -2.41. The van der Waals surface area contributed by atoms with Gasteiger partial charge in [-0.2, -0.15) is 0 Å². The third-order valence-electron chi connectivity index (χ3n) is 3.80. The van der Waals surface area contributed by atoms with Crippen molar-refractivity contribution in [3.8, 4) is 0 Å². The van der Waals surface area contributed by atoms with E-state index in [1.807, 2.05) is 0 Å². The Balaban J connectivity index is 2.28. The van der Waals surface area contributed by atoms with Gasteiger partial charge in [0.25, 0.3) is 0 Å². The minimum Gasteiger partial charge on any atom is -0.399 e. The SMILES string of the molecule is CC1(C)CCCC1NS(=O)(=O)c1ccc(N)cc1Cl. The van der Waals surface area contributed by atoms with Crippen molar-refractivity contribution in [1.82, 2.24) is 4.72 Å². The summed E-state index contributed by atoms with van der Waals surface area (Å²) in [5, 5.41) is 0.156. The summed E-state index contributed by atoms with van der Waals surface area (Å²) in [6.45, 7) is 4.16. The first-order valence-electron chi connectivity index (χ1n) is 6.30. The number of hydrogen-bond donors (Lipinski definition) is 2. The number of nitrogens with one attached hydrogen (secondary N) is 1. The fourth-order valence-corrected chi connectivity index (χ4v) is 4.53. The van der Waals surface area contributed by atoms with Crippen LogP contribution in [0.5, 0.6) is 0 Å². The molecule has 0 bridgehead atoms. The fraction of sp³-hybridized carbons (Fsp3) is 0.538. The second-order valence-corrected chi connectivity index (χ2v) is 7.83. The van der Waals surface area contributed by atoms with Crippen LogP contribution in [-0.2, 0) is 10.0 Å². The maximum Gasteiger partial charge on any atom is 0.242 e. The number of halogens is 1. The predicted molar refractivity (Wildman–Crippen MR) is 77.6 cm³/mol. The van der Waals surface area contributed by atoms with E-state index in [0.29, 0.717) is 5.69 Å². The zero-order valence-corrected chi connectivity index (χ0v) is 12.7. The second-order valence-electron chi connectivity index (χ2n) is 5.74. The standard InChI is InChI=1S/C13H19ClN2O2S/c1-13(2)7-3-4-12(13)16-19(17,18)11-6-5-9(15)8-10(11)14/h5-6,8,12,16H,3-4,7,15H2,1-2H3. The number of nitrogen functional groups attached to an aromatic ring is 1. The van der Waals surface area contributed by atoms with Gasteiger partial charge in [-0.15, -0.1) is 0 Å².